The molecule has 0 heterocycles. The molecular weight excluding hydrogens is 372 g/mol. The van der Waals surface area contributed by atoms with Crippen LogP contribution >= 0.6 is 0 Å². The minimum Gasteiger partial charge on any atom is -0.484 e. The number of carbonyl (C=O) groups is 1. The van der Waals surface area contributed by atoms with E-state index in [2.05, 4.69) is 22.7 Å². The zero-order valence-corrected chi connectivity index (χ0v) is 16.7. The molecule has 0 atom stereocenters. The number of fused-ring (bicyclic) bond motifs is 1. The summed E-state index contributed by atoms with van der Waals surface area (Å²) in [5.41, 5.74) is 6.54. The first-order valence-electron chi connectivity index (χ1n) is 9.80. The van der Waals surface area contributed by atoms with E-state index in [1.807, 2.05) is 91.9 Å². The number of benzene rings is 4. The van der Waals surface area contributed by atoms with Crippen molar-refractivity contribution in [3.05, 3.63) is 103 Å². The molecule has 1 N–H and O–H groups in total. The molecule has 0 saturated carbocycles. The number of nitrogens with one attached hydrogen (secondary N) is 1. The summed E-state index contributed by atoms with van der Waals surface area (Å²) in [6.45, 7) is 1.77. The van der Waals surface area contributed by atoms with Crippen LogP contribution in [0.3, 0.4) is 0 Å². The molecule has 0 bridgehead atoms. The van der Waals surface area contributed by atoms with Crippen LogP contribution in [0.25, 0.3) is 21.9 Å². The van der Waals surface area contributed by atoms with Gasteiger partial charge in [0.25, 0.3) is 5.91 Å². The van der Waals surface area contributed by atoms with Crippen LogP contribution in [0.4, 0.5) is 0 Å². The minimum atomic E-state index is -0.302. The van der Waals surface area contributed by atoms with Gasteiger partial charge in [-0.05, 0) is 46.5 Å². The van der Waals surface area contributed by atoms with Gasteiger partial charge in [-0.15, -0.1) is 0 Å². The van der Waals surface area contributed by atoms with Crippen molar-refractivity contribution in [3.8, 4) is 16.9 Å². The molecule has 0 aliphatic carbocycles. The van der Waals surface area contributed by atoms with Gasteiger partial charge in [-0.1, -0.05) is 84.9 Å². The Labute approximate surface area is 175 Å². The number of amides is 1. The summed E-state index contributed by atoms with van der Waals surface area (Å²) in [4.78, 5) is 12.1. The van der Waals surface area contributed by atoms with Gasteiger partial charge < -0.3 is 4.74 Å². The first-order valence-corrected chi connectivity index (χ1v) is 9.80. The maximum Gasteiger partial charge on any atom is 0.277 e. The lowest BCUT2D eigenvalue weighted by atomic mass is 10.0. The average molecular weight is 394 g/mol. The van der Waals surface area contributed by atoms with Gasteiger partial charge in [0.1, 0.15) is 5.75 Å². The van der Waals surface area contributed by atoms with E-state index in [4.69, 9.17) is 4.74 Å². The Kier molecular flexibility index (Phi) is 5.85. The maximum atomic E-state index is 12.1. The minimum absolute atomic E-state index is 0.0952. The maximum absolute atomic E-state index is 12.1. The number of ether oxygens (including phenoxy) is 1. The summed E-state index contributed by atoms with van der Waals surface area (Å²) in [5.74, 6) is 0.351. The van der Waals surface area contributed by atoms with E-state index in [9.17, 15) is 4.79 Å². The van der Waals surface area contributed by atoms with E-state index in [1.54, 1.807) is 0 Å². The Morgan fingerprint density at radius 3 is 2.23 bits per heavy atom. The van der Waals surface area contributed by atoms with Crippen LogP contribution in [0, 0.1) is 0 Å². The molecule has 0 aromatic heterocycles. The van der Waals surface area contributed by atoms with Gasteiger partial charge in [0.05, 0.1) is 5.71 Å². The Bertz CT molecular complexity index is 1180. The molecule has 148 valence electrons. The fourth-order valence-electron chi connectivity index (χ4n) is 3.18. The summed E-state index contributed by atoms with van der Waals surface area (Å²) >= 11 is 0. The number of hydrogen-bond acceptors (Lipinski definition) is 3. The highest BCUT2D eigenvalue weighted by molar-refractivity contribution is 5.99. The molecule has 30 heavy (non-hydrogen) atoms. The molecule has 1 amide bonds. The van der Waals surface area contributed by atoms with Gasteiger partial charge in [0.2, 0.25) is 0 Å². The van der Waals surface area contributed by atoms with Crippen LogP contribution in [0.5, 0.6) is 5.75 Å². The largest absolute Gasteiger partial charge is 0.484 e. The predicted octanol–water partition coefficient (Wildman–Crippen LogP) is 5.43. The van der Waals surface area contributed by atoms with E-state index in [1.165, 1.54) is 0 Å². The summed E-state index contributed by atoms with van der Waals surface area (Å²) in [6.07, 6.45) is 0. The summed E-state index contributed by atoms with van der Waals surface area (Å²) in [5, 5.41) is 6.40. The predicted molar refractivity (Wildman–Crippen MR) is 122 cm³/mol. The van der Waals surface area contributed by atoms with Crippen LogP contribution in [-0.4, -0.2) is 18.2 Å². The number of nitrogens with zero attached hydrogens (tertiary/aromatic N) is 1. The second kappa shape index (κ2) is 9.05. The van der Waals surface area contributed by atoms with Crippen LogP contribution in [0.2, 0.25) is 0 Å². The zero-order valence-electron chi connectivity index (χ0n) is 16.7. The van der Waals surface area contributed by atoms with Crippen molar-refractivity contribution >= 4 is 22.4 Å². The molecule has 4 rings (SSSR count). The number of hydrogen-bond donors (Lipinski definition) is 1. The second-order valence-electron chi connectivity index (χ2n) is 6.97. The molecule has 0 aliphatic rings. The van der Waals surface area contributed by atoms with E-state index in [-0.39, 0.29) is 12.5 Å². The summed E-state index contributed by atoms with van der Waals surface area (Å²) < 4.78 is 5.60. The Hall–Kier alpha value is -3.92. The van der Waals surface area contributed by atoms with Crippen LogP contribution in [0.15, 0.2) is 102 Å². The second-order valence-corrected chi connectivity index (χ2v) is 6.97. The van der Waals surface area contributed by atoms with Crippen molar-refractivity contribution in [2.45, 2.75) is 6.92 Å². The third-order valence-corrected chi connectivity index (χ3v) is 4.85. The lowest BCUT2D eigenvalue weighted by molar-refractivity contribution is -0.123. The van der Waals surface area contributed by atoms with Crippen molar-refractivity contribution in [2.24, 2.45) is 5.10 Å². The van der Waals surface area contributed by atoms with Gasteiger partial charge >= 0.3 is 0 Å². The number of carbonyl (C=O) groups excluding carboxylic acids is 1. The topological polar surface area (TPSA) is 50.7 Å². The molecule has 0 fully saturated rings. The molecule has 4 nitrogen and oxygen atoms in total. The van der Waals surface area contributed by atoms with E-state index in [0.29, 0.717) is 5.75 Å². The van der Waals surface area contributed by atoms with Gasteiger partial charge in [0, 0.05) is 0 Å². The third-order valence-electron chi connectivity index (χ3n) is 4.85. The third kappa shape index (κ3) is 4.73. The fourth-order valence-corrected chi connectivity index (χ4v) is 3.18. The smallest absolute Gasteiger partial charge is 0.277 e. The highest BCUT2D eigenvalue weighted by Crippen LogP contribution is 2.21. The SMILES string of the molecule is CC(=NNC(=O)COc1ccc2ccccc2c1)c1ccc(-c2ccccc2)cc1. The van der Waals surface area contributed by atoms with Crippen molar-refractivity contribution in [3.63, 3.8) is 0 Å². The molecule has 4 aromatic rings. The van der Waals surface area contributed by atoms with Gasteiger partial charge in [-0.3, -0.25) is 4.79 Å². The molecule has 4 aromatic carbocycles. The van der Waals surface area contributed by atoms with Gasteiger partial charge in [0.15, 0.2) is 6.61 Å². The first-order chi connectivity index (χ1) is 14.7. The van der Waals surface area contributed by atoms with Crippen molar-refractivity contribution < 1.29 is 9.53 Å². The summed E-state index contributed by atoms with van der Waals surface area (Å²) in [7, 11) is 0. The fraction of sp³-hybridized carbons (Fsp3) is 0.0769. The standard InChI is InChI=1S/C26H22N2O2/c1-19(20-11-13-23(14-12-20)21-7-3-2-4-8-21)27-28-26(29)18-30-25-16-15-22-9-5-6-10-24(22)17-25/h2-17H,18H2,1H3,(H,28,29). The van der Waals surface area contributed by atoms with Crippen molar-refractivity contribution in [2.75, 3.05) is 6.61 Å². The molecule has 0 unspecified atom stereocenters. The lowest BCUT2D eigenvalue weighted by Gasteiger charge is -2.07. The molecule has 4 heteroatoms. The van der Waals surface area contributed by atoms with Gasteiger partial charge in [-0.25, -0.2) is 5.43 Å². The molecular formula is C26H22N2O2. The van der Waals surface area contributed by atoms with E-state index >= 15 is 0 Å². The quantitative estimate of drug-likeness (QED) is 0.350. The van der Waals surface area contributed by atoms with Crippen LogP contribution in [-0.2, 0) is 4.79 Å². The average Bonchev–Trinajstić information content (AvgIpc) is 2.81. The molecule has 0 radical (unpaired) electrons. The Morgan fingerprint density at radius 1 is 0.800 bits per heavy atom. The van der Waals surface area contributed by atoms with E-state index < -0.39 is 0 Å². The highest BCUT2D eigenvalue weighted by atomic mass is 16.5. The van der Waals surface area contributed by atoms with Crippen molar-refractivity contribution in [1.29, 1.82) is 0 Å². The molecule has 0 saturated heterocycles. The Morgan fingerprint density at radius 2 is 1.47 bits per heavy atom. The van der Waals surface area contributed by atoms with E-state index in [0.717, 1.165) is 33.2 Å². The monoisotopic (exact) mass is 394 g/mol. The highest BCUT2D eigenvalue weighted by Gasteiger charge is 2.05. The van der Waals surface area contributed by atoms with Gasteiger partial charge in [-0.2, -0.15) is 5.10 Å². The van der Waals surface area contributed by atoms with Crippen molar-refractivity contribution in [1.82, 2.24) is 5.43 Å². The Balaban J connectivity index is 1.33. The van der Waals surface area contributed by atoms with Crippen LogP contribution < -0.4 is 10.2 Å². The molecule has 0 aliphatic heterocycles. The number of rotatable bonds is 6. The normalized spacial score (nSPS) is 11.3. The lowest BCUT2D eigenvalue weighted by Crippen LogP contribution is -2.25. The first kappa shape index (κ1) is 19.4. The number of hydrazone groups is 1. The van der Waals surface area contributed by atoms with Crippen LogP contribution in [0.1, 0.15) is 12.5 Å². The zero-order chi connectivity index (χ0) is 20.8. The summed E-state index contributed by atoms with van der Waals surface area (Å²) in [6, 6.07) is 32.1. The molecule has 0 spiro atoms.